The Hall–Kier alpha value is -4.30. The van der Waals surface area contributed by atoms with Gasteiger partial charge in [-0.05, 0) is 47.5 Å². The zero-order valence-electron chi connectivity index (χ0n) is 19.8. The molecule has 7 aromatic rings. The lowest BCUT2D eigenvalue weighted by molar-refractivity contribution is 0.632. The minimum absolute atomic E-state index is 0.0623. The van der Waals surface area contributed by atoms with Gasteiger partial charge in [-0.15, -0.1) is 0 Å². The average molecular weight is 449 g/mol. The Labute approximate surface area is 204 Å². The highest BCUT2D eigenvalue weighted by Crippen LogP contribution is 2.53. The van der Waals surface area contributed by atoms with Crippen LogP contribution < -0.4 is 4.90 Å². The Bertz CT molecular complexity index is 1810. The quantitative estimate of drug-likeness (QED) is 0.243. The summed E-state index contributed by atoms with van der Waals surface area (Å²) in [6.45, 7) is 4.68. The monoisotopic (exact) mass is 448 g/mol. The minimum Gasteiger partial charge on any atom is -0.310 e. The van der Waals surface area contributed by atoms with Crippen LogP contribution in [0.4, 0.5) is 17.1 Å². The van der Waals surface area contributed by atoms with Crippen LogP contribution >= 0.6 is 0 Å². The molecule has 0 N–H and O–H groups in total. The van der Waals surface area contributed by atoms with Gasteiger partial charge in [-0.3, -0.25) is 0 Å². The second-order valence-electron chi connectivity index (χ2n) is 10.3. The molecule has 2 heteroatoms. The van der Waals surface area contributed by atoms with Crippen molar-refractivity contribution < 1.29 is 0 Å². The summed E-state index contributed by atoms with van der Waals surface area (Å²) >= 11 is 0. The first-order chi connectivity index (χ1) is 17.1. The molecule has 0 amide bonds. The van der Waals surface area contributed by atoms with Crippen molar-refractivity contribution in [2.75, 3.05) is 4.90 Å². The molecule has 0 saturated heterocycles. The van der Waals surface area contributed by atoms with E-state index in [1.807, 2.05) is 0 Å². The molecule has 2 nitrogen and oxygen atoms in total. The van der Waals surface area contributed by atoms with Gasteiger partial charge in [0.05, 0.1) is 27.9 Å². The van der Waals surface area contributed by atoms with Crippen molar-refractivity contribution in [1.29, 1.82) is 0 Å². The lowest BCUT2D eigenvalue weighted by Gasteiger charge is -2.42. The van der Waals surface area contributed by atoms with E-state index < -0.39 is 0 Å². The summed E-state index contributed by atoms with van der Waals surface area (Å²) in [5.41, 5.74) is 10.2. The Morgan fingerprint density at radius 1 is 0.514 bits per heavy atom. The molecule has 5 aromatic carbocycles. The number of fused-ring (bicyclic) bond motifs is 8. The van der Waals surface area contributed by atoms with E-state index in [2.05, 4.69) is 132 Å². The number of benzene rings is 5. The average Bonchev–Trinajstić information content (AvgIpc) is 3.41. The third-order valence-corrected chi connectivity index (χ3v) is 8.08. The van der Waals surface area contributed by atoms with Gasteiger partial charge < -0.3 is 9.30 Å². The molecular formula is C33H24N2. The Morgan fingerprint density at radius 3 is 1.51 bits per heavy atom. The van der Waals surface area contributed by atoms with Crippen molar-refractivity contribution in [3.05, 3.63) is 120 Å². The number of rotatable bonds is 1. The SMILES string of the molecule is CC1(C)c2ccccc2N(c2cc3c4ccccc4n4c5ccccc5c(c2)c34)c2ccccc21. The van der Waals surface area contributed by atoms with Gasteiger partial charge in [0.25, 0.3) is 0 Å². The summed E-state index contributed by atoms with van der Waals surface area (Å²) < 4.78 is 2.44. The van der Waals surface area contributed by atoms with Crippen molar-refractivity contribution >= 4 is 55.2 Å². The smallest absolute Gasteiger partial charge is 0.0622 e. The minimum atomic E-state index is -0.0623. The van der Waals surface area contributed by atoms with Crippen molar-refractivity contribution in [3.63, 3.8) is 0 Å². The van der Waals surface area contributed by atoms with Crippen LogP contribution in [0.1, 0.15) is 25.0 Å². The van der Waals surface area contributed by atoms with Crippen LogP contribution in [0.2, 0.25) is 0 Å². The van der Waals surface area contributed by atoms with E-state index in [0.717, 1.165) is 0 Å². The molecule has 0 aliphatic carbocycles. The van der Waals surface area contributed by atoms with E-state index in [9.17, 15) is 0 Å². The molecule has 3 heterocycles. The lowest BCUT2D eigenvalue weighted by atomic mass is 9.73. The summed E-state index contributed by atoms with van der Waals surface area (Å²) in [5, 5.41) is 5.23. The van der Waals surface area contributed by atoms with Crippen LogP contribution in [0.3, 0.4) is 0 Å². The van der Waals surface area contributed by atoms with Gasteiger partial charge in [0.2, 0.25) is 0 Å². The second kappa shape index (κ2) is 6.43. The van der Waals surface area contributed by atoms with Gasteiger partial charge in [-0.25, -0.2) is 0 Å². The van der Waals surface area contributed by atoms with Crippen molar-refractivity contribution in [2.45, 2.75) is 19.3 Å². The lowest BCUT2D eigenvalue weighted by Crippen LogP contribution is -2.30. The summed E-state index contributed by atoms with van der Waals surface area (Å²) in [4.78, 5) is 2.47. The first kappa shape index (κ1) is 19.1. The maximum Gasteiger partial charge on any atom is 0.0622 e. The normalized spacial score (nSPS) is 14.7. The molecule has 0 atom stereocenters. The van der Waals surface area contributed by atoms with Crippen molar-refractivity contribution in [2.24, 2.45) is 0 Å². The maximum atomic E-state index is 2.47. The predicted molar refractivity (Wildman–Crippen MR) is 148 cm³/mol. The van der Waals surface area contributed by atoms with Crippen molar-refractivity contribution in [1.82, 2.24) is 4.40 Å². The number of para-hydroxylation sites is 4. The van der Waals surface area contributed by atoms with Crippen LogP contribution in [0.25, 0.3) is 38.1 Å². The summed E-state index contributed by atoms with van der Waals surface area (Å²) in [6.07, 6.45) is 0. The zero-order chi connectivity index (χ0) is 23.3. The van der Waals surface area contributed by atoms with Gasteiger partial charge in [0.1, 0.15) is 0 Å². The highest BCUT2D eigenvalue weighted by Gasteiger charge is 2.36. The van der Waals surface area contributed by atoms with Crippen molar-refractivity contribution in [3.8, 4) is 0 Å². The zero-order valence-corrected chi connectivity index (χ0v) is 19.8. The van der Waals surface area contributed by atoms with Crippen LogP contribution in [0, 0.1) is 0 Å². The molecule has 8 rings (SSSR count). The van der Waals surface area contributed by atoms with E-state index in [0.29, 0.717) is 0 Å². The molecule has 0 spiro atoms. The van der Waals surface area contributed by atoms with Gasteiger partial charge in [-0.1, -0.05) is 86.6 Å². The highest BCUT2D eigenvalue weighted by atomic mass is 15.2. The van der Waals surface area contributed by atoms with E-state index in [1.165, 1.54) is 66.3 Å². The molecule has 0 radical (unpaired) electrons. The molecule has 166 valence electrons. The van der Waals surface area contributed by atoms with Crippen LogP contribution in [0.5, 0.6) is 0 Å². The molecule has 0 bridgehead atoms. The van der Waals surface area contributed by atoms with Gasteiger partial charge >= 0.3 is 0 Å². The number of hydrogen-bond acceptors (Lipinski definition) is 1. The molecule has 2 aromatic heterocycles. The van der Waals surface area contributed by atoms with Gasteiger partial charge in [-0.2, -0.15) is 0 Å². The number of anilines is 3. The Balaban J connectivity index is 1.54. The fourth-order valence-electron chi connectivity index (χ4n) is 6.51. The molecular weight excluding hydrogens is 424 g/mol. The third-order valence-electron chi connectivity index (χ3n) is 8.08. The largest absolute Gasteiger partial charge is 0.310 e. The molecule has 0 unspecified atom stereocenters. The summed E-state index contributed by atoms with van der Waals surface area (Å²) in [6, 6.07) is 40.2. The van der Waals surface area contributed by atoms with E-state index in [1.54, 1.807) is 0 Å². The molecule has 0 fully saturated rings. The predicted octanol–water partition coefficient (Wildman–Crippen LogP) is 8.95. The second-order valence-corrected chi connectivity index (χ2v) is 10.3. The highest BCUT2D eigenvalue weighted by molar-refractivity contribution is 6.24. The Kier molecular flexibility index (Phi) is 3.50. The van der Waals surface area contributed by atoms with E-state index in [-0.39, 0.29) is 5.41 Å². The van der Waals surface area contributed by atoms with Crippen LogP contribution in [-0.4, -0.2) is 4.40 Å². The standard InChI is InChI=1S/C33H24N2/c1-33(2)26-13-5-9-17-30(26)34(31-18-10-6-14-27(31)33)21-19-24-22-11-3-7-15-28(22)35-29-16-8-4-12-23(29)25(20-21)32(24)35/h3-20H,1-2H3. The first-order valence-corrected chi connectivity index (χ1v) is 12.3. The first-order valence-electron chi connectivity index (χ1n) is 12.3. The van der Waals surface area contributed by atoms with Gasteiger partial charge in [0.15, 0.2) is 0 Å². The Morgan fingerprint density at radius 2 is 0.971 bits per heavy atom. The molecule has 1 aliphatic rings. The van der Waals surface area contributed by atoms with E-state index >= 15 is 0 Å². The topological polar surface area (TPSA) is 7.65 Å². The fraction of sp³-hybridized carbons (Fsp3) is 0.0909. The van der Waals surface area contributed by atoms with Crippen LogP contribution in [-0.2, 0) is 5.41 Å². The molecule has 1 aliphatic heterocycles. The van der Waals surface area contributed by atoms with E-state index in [4.69, 9.17) is 0 Å². The number of hydrogen-bond donors (Lipinski definition) is 0. The van der Waals surface area contributed by atoms with Gasteiger partial charge in [0, 0.05) is 32.6 Å². The third kappa shape index (κ3) is 2.29. The van der Waals surface area contributed by atoms with Crippen LogP contribution in [0.15, 0.2) is 109 Å². The molecule has 0 saturated carbocycles. The fourth-order valence-corrected chi connectivity index (χ4v) is 6.51. The number of nitrogens with zero attached hydrogens (tertiary/aromatic N) is 2. The maximum absolute atomic E-state index is 2.47. The summed E-state index contributed by atoms with van der Waals surface area (Å²) in [5.74, 6) is 0. The molecule has 35 heavy (non-hydrogen) atoms. The summed E-state index contributed by atoms with van der Waals surface area (Å²) in [7, 11) is 0. The number of aromatic nitrogens is 1.